The van der Waals surface area contributed by atoms with Crippen LogP contribution in [-0.2, 0) is 0 Å². The fourth-order valence-electron chi connectivity index (χ4n) is 0.845. The van der Waals surface area contributed by atoms with Crippen LogP contribution in [0.25, 0.3) is 0 Å². The van der Waals surface area contributed by atoms with E-state index in [1.165, 1.54) is 0 Å². The molecule has 0 amide bonds. The second-order valence-corrected chi connectivity index (χ2v) is 2.72. The molecule has 0 spiro atoms. The first-order valence-electron chi connectivity index (χ1n) is 3.88. The SMILES string of the molecule is O=C(O)c1cc(F)cnc1OCC(F)(F)F. The molecular formula is C8H5F4NO3. The zero-order chi connectivity index (χ0) is 12.3. The van der Waals surface area contributed by atoms with Gasteiger partial charge in [0.15, 0.2) is 6.61 Å². The number of carboxylic acid groups (broad SMARTS) is 1. The fraction of sp³-hybridized carbons (Fsp3) is 0.250. The minimum absolute atomic E-state index is 0.529. The summed E-state index contributed by atoms with van der Waals surface area (Å²) in [6.45, 7) is -1.69. The van der Waals surface area contributed by atoms with Gasteiger partial charge in [-0.2, -0.15) is 13.2 Å². The van der Waals surface area contributed by atoms with Gasteiger partial charge >= 0.3 is 12.1 Å². The highest BCUT2D eigenvalue weighted by molar-refractivity contribution is 5.90. The maximum Gasteiger partial charge on any atom is 0.422 e. The molecule has 0 bridgehead atoms. The lowest BCUT2D eigenvalue weighted by Crippen LogP contribution is -2.20. The van der Waals surface area contributed by atoms with Gasteiger partial charge < -0.3 is 9.84 Å². The lowest BCUT2D eigenvalue weighted by molar-refractivity contribution is -0.154. The van der Waals surface area contributed by atoms with E-state index in [0.29, 0.717) is 12.3 Å². The van der Waals surface area contributed by atoms with E-state index >= 15 is 0 Å². The van der Waals surface area contributed by atoms with Crippen molar-refractivity contribution in [2.24, 2.45) is 0 Å². The largest absolute Gasteiger partial charge is 0.477 e. The summed E-state index contributed by atoms with van der Waals surface area (Å²) in [4.78, 5) is 13.7. The number of hydrogen-bond acceptors (Lipinski definition) is 3. The molecule has 8 heteroatoms. The molecule has 4 nitrogen and oxygen atoms in total. The minimum Gasteiger partial charge on any atom is -0.477 e. The third kappa shape index (κ3) is 3.37. The molecule has 88 valence electrons. The highest BCUT2D eigenvalue weighted by Gasteiger charge is 2.29. The van der Waals surface area contributed by atoms with E-state index in [0.717, 1.165) is 0 Å². The van der Waals surface area contributed by atoms with Crippen LogP contribution in [0.5, 0.6) is 5.88 Å². The zero-order valence-electron chi connectivity index (χ0n) is 7.58. The molecule has 0 fully saturated rings. The third-order valence-electron chi connectivity index (χ3n) is 1.42. The first-order chi connectivity index (χ1) is 7.29. The maximum absolute atomic E-state index is 12.6. The quantitative estimate of drug-likeness (QED) is 0.818. The van der Waals surface area contributed by atoms with Crippen molar-refractivity contribution in [3.63, 3.8) is 0 Å². The predicted octanol–water partition coefficient (Wildman–Crippen LogP) is 1.86. The summed E-state index contributed by atoms with van der Waals surface area (Å²) in [5.41, 5.74) is -0.760. The number of pyridine rings is 1. The molecular weight excluding hydrogens is 234 g/mol. The monoisotopic (exact) mass is 239 g/mol. The molecule has 1 aromatic rings. The van der Waals surface area contributed by atoms with E-state index in [4.69, 9.17) is 5.11 Å². The number of hydrogen-bond donors (Lipinski definition) is 1. The summed E-state index contributed by atoms with van der Waals surface area (Å²) in [6, 6.07) is 0.529. The van der Waals surface area contributed by atoms with Crippen molar-refractivity contribution in [1.82, 2.24) is 4.98 Å². The highest BCUT2D eigenvalue weighted by atomic mass is 19.4. The van der Waals surface area contributed by atoms with Crippen molar-refractivity contribution in [3.05, 3.63) is 23.6 Å². The molecule has 16 heavy (non-hydrogen) atoms. The van der Waals surface area contributed by atoms with Gasteiger partial charge in [0.25, 0.3) is 0 Å². The number of carboxylic acids is 1. The van der Waals surface area contributed by atoms with E-state index in [-0.39, 0.29) is 0 Å². The van der Waals surface area contributed by atoms with Crippen molar-refractivity contribution in [3.8, 4) is 5.88 Å². The van der Waals surface area contributed by atoms with Crippen LogP contribution in [0.15, 0.2) is 12.3 Å². The number of nitrogens with zero attached hydrogens (tertiary/aromatic N) is 1. The summed E-state index contributed by atoms with van der Waals surface area (Å²) >= 11 is 0. The Morgan fingerprint density at radius 1 is 1.50 bits per heavy atom. The van der Waals surface area contributed by atoms with Crippen LogP contribution < -0.4 is 4.74 Å². The zero-order valence-corrected chi connectivity index (χ0v) is 7.58. The van der Waals surface area contributed by atoms with Crippen molar-refractivity contribution in [1.29, 1.82) is 0 Å². The molecule has 1 rings (SSSR count). The van der Waals surface area contributed by atoms with E-state index < -0.39 is 36.0 Å². The van der Waals surface area contributed by atoms with Crippen LogP contribution in [0.4, 0.5) is 17.6 Å². The lowest BCUT2D eigenvalue weighted by atomic mass is 10.3. The topological polar surface area (TPSA) is 59.4 Å². The lowest BCUT2D eigenvalue weighted by Gasteiger charge is -2.09. The molecule has 0 aliphatic rings. The normalized spacial score (nSPS) is 11.2. The number of halogens is 4. The van der Waals surface area contributed by atoms with Crippen LogP contribution in [0.1, 0.15) is 10.4 Å². The summed E-state index contributed by atoms with van der Waals surface area (Å²) < 4.78 is 52.0. The molecule has 0 aromatic carbocycles. The third-order valence-corrected chi connectivity index (χ3v) is 1.42. The highest BCUT2D eigenvalue weighted by Crippen LogP contribution is 2.20. The molecule has 1 N–H and O–H groups in total. The summed E-state index contributed by atoms with van der Waals surface area (Å²) in [5, 5.41) is 8.55. The van der Waals surface area contributed by atoms with Crippen LogP contribution in [0, 0.1) is 5.82 Å². The van der Waals surface area contributed by atoms with Crippen LogP contribution in [0.3, 0.4) is 0 Å². The standard InChI is InChI=1S/C8H5F4NO3/c9-4-1-5(7(14)15)6(13-2-4)16-3-8(10,11)12/h1-2H,3H2,(H,14,15). The van der Waals surface area contributed by atoms with Gasteiger partial charge in [-0.15, -0.1) is 0 Å². The molecule has 0 unspecified atom stereocenters. The average molecular weight is 239 g/mol. The smallest absolute Gasteiger partial charge is 0.422 e. The van der Waals surface area contributed by atoms with Gasteiger partial charge in [-0.3, -0.25) is 0 Å². The number of rotatable bonds is 3. The van der Waals surface area contributed by atoms with Gasteiger partial charge in [-0.25, -0.2) is 14.2 Å². The van der Waals surface area contributed by atoms with E-state index in [2.05, 4.69) is 9.72 Å². The van der Waals surface area contributed by atoms with Gasteiger partial charge in [-0.05, 0) is 6.07 Å². The first kappa shape index (κ1) is 12.2. The maximum atomic E-state index is 12.6. The average Bonchev–Trinajstić information content (AvgIpc) is 2.14. The summed E-state index contributed by atoms with van der Waals surface area (Å²) in [5.74, 6) is -3.37. The van der Waals surface area contributed by atoms with Gasteiger partial charge in [0, 0.05) is 0 Å². The first-order valence-corrected chi connectivity index (χ1v) is 3.88. The molecule has 0 radical (unpaired) electrons. The van der Waals surface area contributed by atoms with Crippen molar-refractivity contribution >= 4 is 5.97 Å². The Bertz CT molecular complexity index is 405. The van der Waals surface area contributed by atoms with Crippen LogP contribution in [0.2, 0.25) is 0 Å². The summed E-state index contributed by atoms with van der Waals surface area (Å²) in [7, 11) is 0. The minimum atomic E-state index is -4.62. The number of carbonyl (C=O) groups is 1. The molecule has 0 aliphatic heterocycles. The molecule has 0 aliphatic carbocycles. The number of aromatic nitrogens is 1. The second kappa shape index (κ2) is 4.33. The Balaban J connectivity index is 2.91. The number of ether oxygens (including phenoxy) is 1. The molecule has 0 saturated carbocycles. The van der Waals surface area contributed by atoms with E-state index in [1.807, 2.05) is 0 Å². The Labute approximate surface area is 86.5 Å². The Kier molecular flexibility index (Phi) is 3.31. The van der Waals surface area contributed by atoms with Gasteiger partial charge in [0.05, 0.1) is 6.20 Å². The van der Waals surface area contributed by atoms with Gasteiger partial charge in [-0.1, -0.05) is 0 Å². The fourth-order valence-corrected chi connectivity index (χ4v) is 0.845. The van der Waals surface area contributed by atoms with Crippen LogP contribution in [-0.4, -0.2) is 28.8 Å². The predicted molar refractivity (Wildman–Crippen MR) is 42.7 cm³/mol. The van der Waals surface area contributed by atoms with E-state index in [1.54, 1.807) is 0 Å². The van der Waals surface area contributed by atoms with Crippen LogP contribution >= 0.6 is 0 Å². The molecule has 0 atom stereocenters. The number of aromatic carboxylic acids is 1. The van der Waals surface area contributed by atoms with Gasteiger partial charge in [0.1, 0.15) is 11.4 Å². The van der Waals surface area contributed by atoms with E-state index in [9.17, 15) is 22.4 Å². The Morgan fingerprint density at radius 3 is 2.62 bits per heavy atom. The molecule has 0 saturated heterocycles. The van der Waals surface area contributed by atoms with Crippen molar-refractivity contribution in [2.75, 3.05) is 6.61 Å². The second-order valence-electron chi connectivity index (χ2n) is 2.72. The molecule has 1 aromatic heterocycles. The van der Waals surface area contributed by atoms with Gasteiger partial charge in [0.2, 0.25) is 5.88 Å². The Hall–Kier alpha value is -1.86. The van der Waals surface area contributed by atoms with Crippen molar-refractivity contribution in [2.45, 2.75) is 6.18 Å². The Morgan fingerprint density at radius 2 is 2.12 bits per heavy atom. The summed E-state index contributed by atoms with van der Waals surface area (Å²) in [6.07, 6.45) is -4.05. The number of alkyl halides is 3. The molecule has 1 heterocycles. The van der Waals surface area contributed by atoms with Crippen molar-refractivity contribution < 1.29 is 32.2 Å².